The Balaban J connectivity index is 1.41. The Kier molecular flexibility index (Phi) is 7.50. The normalized spacial score (nSPS) is 16.6. The van der Waals surface area contributed by atoms with Gasteiger partial charge in [-0.25, -0.2) is 0 Å². The monoisotopic (exact) mass is 402 g/mol. The summed E-state index contributed by atoms with van der Waals surface area (Å²) in [4.78, 5) is 12.0. The molecule has 0 spiro atoms. The molecule has 1 aromatic heterocycles. The van der Waals surface area contributed by atoms with Gasteiger partial charge in [0, 0.05) is 38.4 Å². The molecular formula is C20H26N4O3S. The molecule has 1 N–H and O–H groups in total. The summed E-state index contributed by atoms with van der Waals surface area (Å²) in [5.74, 6) is 2.41. The minimum absolute atomic E-state index is 0.133. The summed E-state index contributed by atoms with van der Waals surface area (Å²) in [7, 11) is 3.58. The van der Waals surface area contributed by atoms with Crippen LogP contribution in [0.2, 0.25) is 0 Å². The number of benzene rings is 1. The van der Waals surface area contributed by atoms with Crippen LogP contribution in [0, 0.1) is 0 Å². The molecule has 1 fully saturated rings. The number of carbonyl (C=O) groups is 1. The van der Waals surface area contributed by atoms with Crippen molar-refractivity contribution >= 4 is 23.7 Å². The highest BCUT2D eigenvalue weighted by Gasteiger charge is 2.17. The number of amides is 1. The Morgan fingerprint density at radius 1 is 1.39 bits per heavy atom. The van der Waals surface area contributed by atoms with Crippen LogP contribution >= 0.6 is 11.8 Å². The molecule has 1 aliphatic heterocycles. The highest BCUT2D eigenvalue weighted by molar-refractivity contribution is 7.99. The van der Waals surface area contributed by atoms with Crippen molar-refractivity contribution in [2.75, 3.05) is 26.0 Å². The van der Waals surface area contributed by atoms with Crippen LogP contribution in [0.15, 0.2) is 35.5 Å². The first-order chi connectivity index (χ1) is 13.7. The summed E-state index contributed by atoms with van der Waals surface area (Å²) in [5.41, 5.74) is 0.942. The minimum Gasteiger partial charge on any atom is -0.497 e. The molecule has 8 heteroatoms. The van der Waals surface area contributed by atoms with Crippen molar-refractivity contribution < 1.29 is 14.3 Å². The van der Waals surface area contributed by atoms with E-state index in [9.17, 15) is 4.79 Å². The van der Waals surface area contributed by atoms with E-state index in [4.69, 9.17) is 9.47 Å². The van der Waals surface area contributed by atoms with Gasteiger partial charge in [-0.05, 0) is 36.6 Å². The standard InChI is InChI=1S/C20H26N4O3S/c1-24-18(22-23-20(24)28-14-17-4-3-13-27-17)11-12-21-19(25)10-7-15-5-8-16(26-2)9-6-15/h5-10,17H,3-4,11-14H2,1-2H3,(H,21,25)/b10-7+/t17-/m1/s1. The van der Waals surface area contributed by atoms with Crippen LogP contribution in [0.3, 0.4) is 0 Å². The Hall–Kier alpha value is -2.32. The molecule has 2 aromatic rings. The molecule has 0 aliphatic carbocycles. The van der Waals surface area contributed by atoms with Crippen LogP contribution in [-0.4, -0.2) is 52.8 Å². The lowest BCUT2D eigenvalue weighted by atomic mass is 10.2. The van der Waals surface area contributed by atoms with E-state index in [-0.39, 0.29) is 5.91 Å². The van der Waals surface area contributed by atoms with Crippen molar-refractivity contribution in [1.29, 1.82) is 0 Å². The van der Waals surface area contributed by atoms with Crippen molar-refractivity contribution in [3.05, 3.63) is 41.7 Å². The first kappa shape index (κ1) is 20.4. The highest BCUT2D eigenvalue weighted by Crippen LogP contribution is 2.22. The number of hydrogen-bond acceptors (Lipinski definition) is 6. The topological polar surface area (TPSA) is 78.3 Å². The maximum Gasteiger partial charge on any atom is 0.244 e. The number of nitrogens with zero attached hydrogens (tertiary/aromatic N) is 3. The quantitative estimate of drug-likeness (QED) is 0.513. The van der Waals surface area contributed by atoms with Crippen molar-refractivity contribution in [3.8, 4) is 5.75 Å². The second kappa shape index (κ2) is 10.3. The molecule has 1 amide bonds. The molecule has 1 saturated heterocycles. The third-order valence-electron chi connectivity index (χ3n) is 4.54. The lowest BCUT2D eigenvalue weighted by Crippen LogP contribution is -2.24. The third kappa shape index (κ3) is 5.84. The molecule has 0 bridgehead atoms. The van der Waals surface area contributed by atoms with Crippen LogP contribution < -0.4 is 10.1 Å². The second-order valence-electron chi connectivity index (χ2n) is 6.55. The first-order valence-electron chi connectivity index (χ1n) is 9.38. The molecule has 2 heterocycles. The van der Waals surface area contributed by atoms with E-state index in [2.05, 4.69) is 15.5 Å². The zero-order chi connectivity index (χ0) is 19.8. The fraction of sp³-hybridized carbons (Fsp3) is 0.450. The molecule has 0 unspecified atom stereocenters. The first-order valence-corrected chi connectivity index (χ1v) is 10.4. The number of thioether (sulfide) groups is 1. The van der Waals surface area contributed by atoms with Gasteiger partial charge in [-0.1, -0.05) is 23.9 Å². The van der Waals surface area contributed by atoms with E-state index in [0.29, 0.717) is 19.1 Å². The average Bonchev–Trinajstić information content (AvgIpc) is 3.35. The van der Waals surface area contributed by atoms with E-state index in [1.54, 1.807) is 24.9 Å². The summed E-state index contributed by atoms with van der Waals surface area (Å²) >= 11 is 1.67. The van der Waals surface area contributed by atoms with Gasteiger partial charge >= 0.3 is 0 Å². The Morgan fingerprint density at radius 2 is 2.21 bits per heavy atom. The Labute approximate surface area is 169 Å². The van der Waals surface area contributed by atoms with E-state index in [1.807, 2.05) is 35.9 Å². The molecule has 1 atom stereocenters. The summed E-state index contributed by atoms with van der Waals surface area (Å²) in [6.07, 6.45) is 6.52. The minimum atomic E-state index is -0.133. The summed E-state index contributed by atoms with van der Waals surface area (Å²) in [6, 6.07) is 7.52. The van der Waals surface area contributed by atoms with Gasteiger partial charge in [0.1, 0.15) is 11.6 Å². The fourth-order valence-corrected chi connectivity index (χ4v) is 3.87. The average molecular weight is 403 g/mol. The predicted octanol–water partition coefficient (Wildman–Crippen LogP) is 2.47. The summed E-state index contributed by atoms with van der Waals surface area (Å²) in [6.45, 7) is 1.37. The fourth-order valence-electron chi connectivity index (χ4n) is 2.88. The third-order valence-corrected chi connectivity index (χ3v) is 5.69. The maximum atomic E-state index is 12.0. The van der Waals surface area contributed by atoms with Crippen LogP contribution in [0.25, 0.3) is 6.08 Å². The van der Waals surface area contributed by atoms with Crippen molar-refractivity contribution in [2.24, 2.45) is 7.05 Å². The SMILES string of the molecule is COc1ccc(/C=C/C(=O)NCCc2nnc(SC[C@H]3CCCO3)n2C)cc1. The van der Waals surface area contributed by atoms with Crippen molar-refractivity contribution in [1.82, 2.24) is 20.1 Å². The number of carbonyl (C=O) groups excluding carboxylic acids is 1. The lowest BCUT2D eigenvalue weighted by Gasteiger charge is -2.08. The van der Waals surface area contributed by atoms with E-state index in [0.717, 1.165) is 47.5 Å². The number of nitrogens with one attached hydrogen (secondary N) is 1. The molecule has 1 aliphatic rings. The van der Waals surface area contributed by atoms with Crippen LogP contribution in [-0.2, 0) is 23.0 Å². The Bertz CT molecular complexity index is 798. The predicted molar refractivity (Wildman–Crippen MR) is 109 cm³/mol. The van der Waals surface area contributed by atoms with Crippen LogP contribution in [0.4, 0.5) is 0 Å². The van der Waals surface area contributed by atoms with Crippen molar-refractivity contribution in [2.45, 2.75) is 30.5 Å². The molecule has 3 rings (SSSR count). The number of hydrogen-bond donors (Lipinski definition) is 1. The maximum absolute atomic E-state index is 12.0. The second-order valence-corrected chi connectivity index (χ2v) is 7.54. The molecular weight excluding hydrogens is 376 g/mol. The van der Waals surface area contributed by atoms with Gasteiger partial charge in [-0.3, -0.25) is 4.79 Å². The smallest absolute Gasteiger partial charge is 0.244 e. The largest absolute Gasteiger partial charge is 0.497 e. The number of rotatable bonds is 9. The van der Waals surface area contributed by atoms with E-state index >= 15 is 0 Å². The number of ether oxygens (including phenoxy) is 2. The van der Waals surface area contributed by atoms with Crippen LogP contribution in [0.5, 0.6) is 5.75 Å². The van der Waals surface area contributed by atoms with Gasteiger partial charge in [0.2, 0.25) is 5.91 Å². The molecule has 7 nitrogen and oxygen atoms in total. The molecule has 0 radical (unpaired) electrons. The zero-order valence-corrected chi connectivity index (χ0v) is 17.1. The summed E-state index contributed by atoms with van der Waals surface area (Å²) < 4.78 is 12.7. The van der Waals surface area contributed by atoms with Gasteiger partial charge in [-0.15, -0.1) is 10.2 Å². The molecule has 150 valence electrons. The molecule has 28 heavy (non-hydrogen) atoms. The van der Waals surface area contributed by atoms with Gasteiger partial charge in [0.15, 0.2) is 5.16 Å². The van der Waals surface area contributed by atoms with Crippen LogP contribution in [0.1, 0.15) is 24.2 Å². The molecule has 1 aromatic carbocycles. The van der Waals surface area contributed by atoms with E-state index < -0.39 is 0 Å². The Morgan fingerprint density at radius 3 is 2.93 bits per heavy atom. The molecule has 0 saturated carbocycles. The van der Waals surface area contributed by atoms with E-state index in [1.165, 1.54) is 6.08 Å². The number of aromatic nitrogens is 3. The van der Waals surface area contributed by atoms with Gasteiger partial charge in [-0.2, -0.15) is 0 Å². The zero-order valence-electron chi connectivity index (χ0n) is 16.3. The van der Waals surface area contributed by atoms with Gasteiger partial charge in [0.25, 0.3) is 0 Å². The van der Waals surface area contributed by atoms with Crippen molar-refractivity contribution in [3.63, 3.8) is 0 Å². The van der Waals surface area contributed by atoms with Gasteiger partial charge < -0.3 is 19.4 Å². The lowest BCUT2D eigenvalue weighted by molar-refractivity contribution is -0.116. The van der Waals surface area contributed by atoms with Gasteiger partial charge in [0.05, 0.1) is 13.2 Å². The number of methoxy groups -OCH3 is 1. The highest BCUT2D eigenvalue weighted by atomic mass is 32.2. The summed E-state index contributed by atoms with van der Waals surface area (Å²) in [5, 5.41) is 12.3.